The van der Waals surface area contributed by atoms with Crippen LogP contribution in [0.15, 0.2) is 29.6 Å². The number of aromatic nitrogens is 2. The number of aryl methyl sites for hydroxylation is 1. The van der Waals surface area contributed by atoms with Crippen molar-refractivity contribution in [1.82, 2.24) is 9.38 Å². The van der Waals surface area contributed by atoms with Crippen molar-refractivity contribution in [3.05, 3.63) is 46.1 Å². The van der Waals surface area contributed by atoms with E-state index < -0.39 is 0 Å². The molecule has 0 fully saturated rings. The third-order valence-corrected chi connectivity index (χ3v) is 3.99. The first-order chi connectivity index (χ1) is 8.70. The van der Waals surface area contributed by atoms with Crippen LogP contribution in [0.5, 0.6) is 0 Å². The molecule has 2 heterocycles. The van der Waals surface area contributed by atoms with E-state index in [9.17, 15) is 4.79 Å². The molecular formula is C13H9ClN2OS. The monoisotopic (exact) mass is 276 g/mol. The molecule has 18 heavy (non-hydrogen) atoms. The second kappa shape index (κ2) is 4.23. The van der Waals surface area contributed by atoms with Crippen molar-refractivity contribution >= 4 is 34.2 Å². The van der Waals surface area contributed by atoms with Crippen LogP contribution in [0.3, 0.4) is 0 Å². The van der Waals surface area contributed by atoms with Gasteiger partial charge in [0.1, 0.15) is 11.4 Å². The molecule has 0 aliphatic heterocycles. The van der Waals surface area contributed by atoms with Crippen molar-refractivity contribution in [3.63, 3.8) is 0 Å². The first kappa shape index (κ1) is 11.4. The van der Waals surface area contributed by atoms with Gasteiger partial charge in [0, 0.05) is 21.7 Å². The Morgan fingerprint density at radius 2 is 2.06 bits per heavy atom. The number of imidazole rings is 1. The van der Waals surface area contributed by atoms with E-state index in [2.05, 4.69) is 4.98 Å². The van der Waals surface area contributed by atoms with Gasteiger partial charge in [-0.2, -0.15) is 0 Å². The van der Waals surface area contributed by atoms with Gasteiger partial charge in [-0.3, -0.25) is 9.20 Å². The lowest BCUT2D eigenvalue weighted by atomic mass is 10.1. The highest BCUT2D eigenvalue weighted by Gasteiger charge is 2.15. The molecule has 1 aromatic carbocycles. The quantitative estimate of drug-likeness (QED) is 0.667. The van der Waals surface area contributed by atoms with Crippen LogP contribution in [0.1, 0.15) is 16.2 Å². The zero-order valence-corrected chi connectivity index (χ0v) is 11.1. The van der Waals surface area contributed by atoms with E-state index in [4.69, 9.17) is 11.6 Å². The number of hydrogen-bond donors (Lipinski definition) is 0. The standard InChI is InChI=1S/C13H9ClN2OS/c1-8-7-18-13-15-12(11(6-17)16(8)13)9-2-4-10(14)5-3-9/h2-7H,1H3. The summed E-state index contributed by atoms with van der Waals surface area (Å²) in [7, 11) is 0. The van der Waals surface area contributed by atoms with E-state index in [1.165, 1.54) is 11.3 Å². The van der Waals surface area contributed by atoms with Gasteiger partial charge >= 0.3 is 0 Å². The average molecular weight is 277 g/mol. The lowest BCUT2D eigenvalue weighted by molar-refractivity contribution is 0.111. The van der Waals surface area contributed by atoms with Crippen LogP contribution in [0, 0.1) is 6.92 Å². The molecule has 0 radical (unpaired) electrons. The van der Waals surface area contributed by atoms with Crippen LogP contribution in [0.2, 0.25) is 5.02 Å². The van der Waals surface area contributed by atoms with E-state index in [0.717, 1.165) is 22.5 Å². The lowest BCUT2D eigenvalue weighted by Gasteiger charge is -1.99. The van der Waals surface area contributed by atoms with Crippen molar-refractivity contribution in [1.29, 1.82) is 0 Å². The van der Waals surface area contributed by atoms with Crippen molar-refractivity contribution in [2.24, 2.45) is 0 Å². The number of benzene rings is 1. The maximum Gasteiger partial charge on any atom is 0.195 e. The minimum Gasteiger partial charge on any atom is -0.296 e. The second-order valence-electron chi connectivity index (χ2n) is 3.97. The molecule has 3 rings (SSSR count). The topological polar surface area (TPSA) is 34.4 Å². The largest absolute Gasteiger partial charge is 0.296 e. The average Bonchev–Trinajstić information content (AvgIpc) is 2.91. The smallest absolute Gasteiger partial charge is 0.195 e. The summed E-state index contributed by atoms with van der Waals surface area (Å²) in [6.07, 6.45) is 0.851. The summed E-state index contributed by atoms with van der Waals surface area (Å²) in [6, 6.07) is 7.34. The highest BCUT2D eigenvalue weighted by Crippen LogP contribution is 2.28. The molecule has 0 aliphatic rings. The van der Waals surface area contributed by atoms with E-state index in [1.54, 1.807) is 12.1 Å². The van der Waals surface area contributed by atoms with Crippen LogP contribution in [-0.4, -0.2) is 15.7 Å². The number of nitrogens with zero attached hydrogens (tertiary/aromatic N) is 2. The minimum absolute atomic E-state index is 0.589. The van der Waals surface area contributed by atoms with Gasteiger partial charge in [-0.25, -0.2) is 4.98 Å². The Labute approximate surface area is 113 Å². The van der Waals surface area contributed by atoms with Crippen LogP contribution in [0.25, 0.3) is 16.2 Å². The summed E-state index contributed by atoms with van der Waals surface area (Å²) >= 11 is 7.39. The molecule has 0 spiro atoms. The normalized spacial score (nSPS) is 11.0. The SMILES string of the molecule is Cc1csc2nc(-c3ccc(Cl)cc3)c(C=O)n12. The van der Waals surface area contributed by atoms with Crippen LogP contribution >= 0.6 is 22.9 Å². The van der Waals surface area contributed by atoms with Gasteiger partial charge in [-0.1, -0.05) is 23.7 Å². The molecule has 0 aliphatic carbocycles. The summed E-state index contributed by atoms with van der Waals surface area (Å²) < 4.78 is 1.88. The second-order valence-corrected chi connectivity index (χ2v) is 5.24. The van der Waals surface area contributed by atoms with E-state index in [-0.39, 0.29) is 0 Å². The Hall–Kier alpha value is -1.65. The number of carbonyl (C=O) groups is 1. The molecule has 3 aromatic rings. The highest BCUT2D eigenvalue weighted by molar-refractivity contribution is 7.15. The minimum atomic E-state index is 0.589. The van der Waals surface area contributed by atoms with E-state index in [1.807, 2.05) is 28.8 Å². The molecular weight excluding hydrogens is 268 g/mol. The van der Waals surface area contributed by atoms with E-state index >= 15 is 0 Å². The van der Waals surface area contributed by atoms with Gasteiger partial charge in [-0.15, -0.1) is 11.3 Å². The number of thiazole rings is 1. The number of halogens is 1. The molecule has 0 bridgehead atoms. The third-order valence-electron chi connectivity index (χ3n) is 2.80. The maximum atomic E-state index is 11.3. The Bertz CT molecular complexity index is 727. The van der Waals surface area contributed by atoms with Gasteiger partial charge < -0.3 is 0 Å². The highest BCUT2D eigenvalue weighted by atomic mass is 35.5. The summed E-state index contributed by atoms with van der Waals surface area (Å²) in [6.45, 7) is 1.96. The molecule has 5 heteroatoms. The molecule has 0 saturated carbocycles. The van der Waals surface area contributed by atoms with Gasteiger partial charge in [0.15, 0.2) is 11.2 Å². The van der Waals surface area contributed by atoms with Crippen molar-refractivity contribution < 1.29 is 4.79 Å². The fourth-order valence-electron chi connectivity index (χ4n) is 1.95. The lowest BCUT2D eigenvalue weighted by Crippen LogP contribution is -1.93. The van der Waals surface area contributed by atoms with Crippen molar-refractivity contribution in [3.8, 4) is 11.3 Å². The molecule has 0 atom stereocenters. The summed E-state index contributed by atoms with van der Waals surface area (Å²) in [5.74, 6) is 0. The fraction of sp³-hybridized carbons (Fsp3) is 0.0769. The summed E-state index contributed by atoms with van der Waals surface area (Å²) in [4.78, 5) is 16.7. The number of hydrogen-bond acceptors (Lipinski definition) is 3. The number of carbonyl (C=O) groups excluding carboxylic acids is 1. The summed E-state index contributed by atoms with van der Waals surface area (Å²) in [5.41, 5.74) is 3.21. The van der Waals surface area contributed by atoms with Gasteiger partial charge in [0.25, 0.3) is 0 Å². The van der Waals surface area contributed by atoms with Gasteiger partial charge in [0.05, 0.1) is 0 Å². The Kier molecular flexibility index (Phi) is 2.69. The fourth-order valence-corrected chi connectivity index (χ4v) is 2.95. The Morgan fingerprint density at radius 3 is 2.72 bits per heavy atom. The number of aldehydes is 1. The third kappa shape index (κ3) is 1.65. The van der Waals surface area contributed by atoms with Gasteiger partial charge in [-0.05, 0) is 19.1 Å². The predicted octanol–water partition coefficient (Wildman–Crippen LogP) is 3.84. The zero-order chi connectivity index (χ0) is 12.7. The maximum absolute atomic E-state index is 11.3. The zero-order valence-electron chi connectivity index (χ0n) is 9.55. The number of fused-ring (bicyclic) bond motifs is 1. The Balaban J connectivity index is 2.28. The molecule has 0 amide bonds. The molecule has 2 aromatic heterocycles. The van der Waals surface area contributed by atoms with Crippen LogP contribution in [-0.2, 0) is 0 Å². The Morgan fingerprint density at radius 1 is 1.33 bits per heavy atom. The first-order valence-electron chi connectivity index (χ1n) is 5.38. The first-order valence-corrected chi connectivity index (χ1v) is 6.64. The van der Waals surface area contributed by atoms with Crippen LogP contribution in [0.4, 0.5) is 0 Å². The molecule has 90 valence electrons. The predicted molar refractivity (Wildman–Crippen MR) is 73.6 cm³/mol. The number of rotatable bonds is 2. The molecule has 3 nitrogen and oxygen atoms in total. The molecule has 0 N–H and O–H groups in total. The molecule has 0 unspecified atom stereocenters. The molecule has 0 saturated heterocycles. The van der Waals surface area contributed by atoms with Crippen LogP contribution < -0.4 is 0 Å². The van der Waals surface area contributed by atoms with E-state index in [0.29, 0.717) is 16.4 Å². The van der Waals surface area contributed by atoms with Crippen molar-refractivity contribution in [2.75, 3.05) is 0 Å². The van der Waals surface area contributed by atoms with Crippen molar-refractivity contribution in [2.45, 2.75) is 6.92 Å². The van der Waals surface area contributed by atoms with Gasteiger partial charge in [0.2, 0.25) is 0 Å². The summed E-state index contributed by atoms with van der Waals surface area (Å²) in [5, 5.41) is 2.66.